The molecule has 66 heavy (non-hydrogen) atoms. The lowest BCUT2D eigenvalue weighted by Gasteiger charge is -2.37. The van der Waals surface area contributed by atoms with Crippen molar-refractivity contribution in [3.05, 3.63) is 87.5 Å². The molecule has 4 heterocycles. The Balaban J connectivity index is 1.16. The summed E-state index contributed by atoms with van der Waals surface area (Å²) >= 11 is 1.54. The quantitative estimate of drug-likeness (QED) is 0.0295. The number of rotatable bonds is 14. The minimum Gasteiger partial charge on any atom is -0.457 e. The molecule has 1 aromatic heterocycles. The van der Waals surface area contributed by atoms with Gasteiger partial charge in [0.15, 0.2) is 0 Å². The second-order valence-electron chi connectivity index (χ2n) is 18.1. The molecule has 18 heteroatoms. The fourth-order valence-electron chi connectivity index (χ4n) is 8.69. The van der Waals surface area contributed by atoms with Gasteiger partial charge in [-0.15, -0.1) is 17.9 Å². The van der Waals surface area contributed by atoms with Crippen LogP contribution in [-0.2, 0) is 49.5 Å². The van der Waals surface area contributed by atoms with Gasteiger partial charge in [0.25, 0.3) is 17.5 Å². The number of anilines is 1. The summed E-state index contributed by atoms with van der Waals surface area (Å²) in [7, 11) is 0. The van der Waals surface area contributed by atoms with E-state index in [1.165, 1.54) is 38.1 Å². The van der Waals surface area contributed by atoms with Gasteiger partial charge in [0.05, 0.1) is 49.8 Å². The molecule has 0 spiro atoms. The molecule has 7 atom stereocenters. The smallest absolute Gasteiger partial charge is 0.457 e. The lowest BCUT2D eigenvalue weighted by Crippen LogP contribution is -2.48. The predicted octanol–water partition coefficient (Wildman–Crippen LogP) is 8.15. The third kappa shape index (κ3) is 12.1. The van der Waals surface area contributed by atoms with Crippen molar-refractivity contribution in [2.24, 2.45) is 17.3 Å². The molecule has 6 rings (SSSR count). The number of ketones is 1. The number of carbonyl (C=O) groups is 6. The molecule has 354 valence electrons. The minimum atomic E-state index is -1.57. The Morgan fingerprint density at radius 3 is 2.55 bits per heavy atom. The number of nitrogens with one attached hydrogen (secondary N) is 1. The second-order valence-corrected chi connectivity index (χ2v) is 19.4. The first-order chi connectivity index (χ1) is 31.3. The molecule has 0 radical (unpaired) electrons. The number of aryl methyl sites for hydroxylation is 1. The molecule has 0 bridgehead atoms. The first kappa shape index (κ1) is 49.6. The molecule has 0 saturated carbocycles. The zero-order valence-electron chi connectivity index (χ0n) is 37.9. The number of aromatic nitrogens is 1. The average molecular weight is 931 g/mol. The maximum absolute atomic E-state index is 14.5. The fourth-order valence-corrected chi connectivity index (χ4v) is 9.50. The molecule has 2 N–H and O–H groups in total. The number of nitro benzene ring substituents is 1. The number of esters is 1. The van der Waals surface area contributed by atoms with Gasteiger partial charge in [-0.25, -0.2) is 9.78 Å². The summed E-state index contributed by atoms with van der Waals surface area (Å²) in [4.78, 5) is 95.4. The highest BCUT2D eigenvalue weighted by Gasteiger charge is 2.53. The molecule has 3 aliphatic heterocycles. The molecule has 3 aliphatic rings. The molecular formula is C48H58N4O13S. The number of fused-ring (bicyclic) bond motifs is 2. The molecule has 17 nitrogen and oxygen atoms in total. The van der Waals surface area contributed by atoms with Crippen LogP contribution in [0, 0.1) is 34.3 Å². The minimum absolute atomic E-state index is 0.0327. The fraction of sp³-hybridized carbons (Fsp3) is 0.521. The van der Waals surface area contributed by atoms with E-state index >= 15 is 0 Å². The number of benzene rings is 2. The van der Waals surface area contributed by atoms with Crippen LogP contribution in [0.2, 0.25) is 0 Å². The van der Waals surface area contributed by atoms with Gasteiger partial charge >= 0.3 is 12.1 Å². The predicted molar refractivity (Wildman–Crippen MR) is 243 cm³/mol. The van der Waals surface area contributed by atoms with Crippen molar-refractivity contribution in [2.45, 2.75) is 135 Å². The summed E-state index contributed by atoms with van der Waals surface area (Å²) in [5, 5.41) is 27.1. The van der Waals surface area contributed by atoms with Crippen molar-refractivity contribution in [3.63, 3.8) is 0 Å². The number of cyclic esters (lactones) is 1. The van der Waals surface area contributed by atoms with Crippen LogP contribution in [-0.4, -0.2) is 86.0 Å². The molecule has 0 aliphatic carbocycles. The zero-order chi connectivity index (χ0) is 47.9. The normalized spacial score (nSPS) is 25.8. The Morgan fingerprint density at radius 1 is 1.09 bits per heavy atom. The summed E-state index contributed by atoms with van der Waals surface area (Å²) in [6.07, 6.45) is 2.54. The van der Waals surface area contributed by atoms with Crippen molar-refractivity contribution in [2.75, 3.05) is 11.9 Å². The Labute approximate surface area is 387 Å². The Bertz CT molecular complexity index is 2380. The van der Waals surface area contributed by atoms with Crippen LogP contribution in [0.25, 0.3) is 10.2 Å². The molecule has 3 amide bonds. The van der Waals surface area contributed by atoms with Crippen molar-refractivity contribution in [1.29, 1.82) is 0 Å². The highest BCUT2D eigenvalue weighted by atomic mass is 32.1. The van der Waals surface area contributed by atoms with Crippen LogP contribution in [0.5, 0.6) is 0 Å². The van der Waals surface area contributed by atoms with Crippen LogP contribution in [0.1, 0.15) is 114 Å². The van der Waals surface area contributed by atoms with Gasteiger partial charge in [-0.05, 0) is 95.0 Å². The number of carbonyl (C=O) groups excluding carboxylic acids is 6. The summed E-state index contributed by atoms with van der Waals surface area (Å²) in [5.74, 6) is -3.71. The first-order valence-electron chi connectivity index (χ1n) is 22.3. The average Bonchev–Trinajstić information content (AvgIpc) is 3.55. The summed E-state index contributed by atoms with van der Waals surface area (Å²) in [6, 6.07) is 9.57. The number of unbranched alkanes of at least 4 members (excludes halogenated alkanes) is 2. The van der Waals surface area contributed by atoms with E-state index in [-0.39, 0.29) is 54.5 Å². The zero-order valence-corrected chi connectivity index (χ0v) is 38.8. The number of aliphatic hydroxyl groups excluding tert-OH is 1. The number of thiazole rings is 1. The molecule has 3 aromatic rings. The van der Waals surface area contributed by atoms with E-state index in [0.717, 1.165) is 26.2 Å². The second kappa shape index (κ2) is 21.2. The van der Waals surface area contributed by atoms with Crippen molar-refractivity contribution in [3.8, 4) is 0 Å². The number of epoxide rings is 1. The summed E-state index contributed by atoms with van der Waals surface area (Å²) in [6.45, 7) is 12.4. The number of imide groups is 1. The van der Waals surface area contributed by atoms with E-state index in [0.29, 0.717) is 50.5 Å². The third-order valence-electron chi connectivity index (χ3n) is 12.8. The maximum atomic E-state index is 14.5. The maximum Gasteiger partial charge on any atom is 0.508 e. The number of Topliss-reactive ketones (excluding diaryl/α,β-unsaturated/α-hetero) is 1. The van der Waals surface area contributed by atoms with Crippen molar-refractivity contribution < 1.29 is 57.7 Å². The van der Waals surface area contributed by atoms with Crippen LogP contribution < -0.4 is 5.32 Å². The number of nitro groups is 1. The van der Waals surface area contributed by atoms with Crippen molar-refractivity contribution >= 4 is 68.6 Å². The number of allylic oxidation sites excluding steroid dienone is 1. The van der Waals surface area contributed by atoms with Gasteiger partial charge < -0.3 is 29.4 Å². The lowest BCUT2D eigenvalue weighted by atomic mass is 9.71. The van der Waals surface area contributed by atoms with Crippen LogP contribution in [0.15, 0.2) is 61.2 Å². The van der Waals surface area contributed by atoms with E-state index in [2.05, 4.69) is 16.9 Å². The van der Waals surface area contributed by atoms with Gasteiger partial charge in [0, 0.05) is 43.5 Å². The van der Waals surface area contributed by atoms with Gasteiger partial charge in [-0.1, -0.05) is 38.0 Å². The van der Waals surface area contributed by atoms with E-state index in [1.807, 2.05) is 39.0 Å². The van der Waals surface area contributed by atoms with Gasteiger partial charge in [-0.2, -0.15) is 0 Å². The van der Waals surface area contributed by atoms with Gasteiger partial charge in [0.2, 0.25) is 5.91 Å². The SMILES string of the molecule is C=CC[C@H]1C(=O)C(C)(C)[C@@H](OC(=O)OCc2ccc(NC(=O)CCCCCN3C(=O)C=CC3=O)c([N+](=O)[O-])c2)CC(=O)O[C@H](c2ccc3sc(C)nc3c2)C[C@@H]2O[C@]2(C)CCC[C@H](C)[C@@H]1O. The lowest BCUT2D eigenvalue weighted by molar-refractivity contribution is -0.384. The number of nitrogens with zero attached hydrogens (tertiary/aromatic N) is 3. The summed E-state index contributed by atoms with van der Waals surface area (Å²) < 4.78 is 24.6. The molecule has 0 unspecified atom stereocenters. The van der Waals surface area contributed by atoms with E-state index in [4.69, 9.17) is 18.9 Å². The number of ether oxygens (including phenoxy) is 4. The topological polar surface area (TPSA) is 234 Å². The standard InChI is InChI=1S/C48H58N4O13S/c1-7-12-32-44(57)28(2)13-11-21-48(6)39(65-48)25-36(31-16-18-37-34(24-31)49-29(3)66-37)63-43(56)26-38(47(4,5)45(32)58)64-46(59)62-27-30-15-17-33(35(23-30)52(60)61)50-40(53)14-9-8-10-22-51-41(54)19-20-42(51)55/h7,15-20,23-24,28,32,36,38-39,44,57H,1,8-14,21-22,25-27H2,2-6H3,(H,50,53)/t28-,32+,36-,38-,39-,44-,48+/m0/s1. The van der Waals surface area contributed by atoms with Crippen LogP contribution in [0.4, 0.5) is 16.2 Å². The molecule has 2 fully saturated rings. The van der Waals surface area contributed by atoms with Crippen LogP contribution >= 0.6 is 11.3 Å². The molecule has 2 saturated heterocycles. The highest BCUT2D eigenvalue weighted by Crippen LogP contribution is 2.47. The van der Waals surface area contributed by atoms with Crippen molar-refractivity contribution in [1.82, 2.24) is 9.88 Å². The van der Waals surface area contributed by atoms with E-state index < -0.39 is 82.7 Å². The van der Waals surface area contributed by atoms with E-state index in [9.17, 15) is 44.0 Å². The van der Waals surface area contributed by atoms with Crippen LogP contribution in [0.3, 0.4) is 0 Å². The van der Waals surface area contributed by atoms with Gasteiger partial charge in [-0.3, -0.25) is 39.0 Å². The largest absolute Gasteiger partial charge is 0.508 e. The monoisotopic (exact) mass is 930 g/mol. The van der Waals surface area contributed by atoms with E-state index in [1.54, 1.807) is 17.4 Å². The first-order valence-corrected chi connectivity index (χ1v) is 23.1. The third-order valence-corrected chi connectivity index (χ3v) is 13.8. The molecule has 2 aromatic carbocycles. The molecular weight excluding hydrogens is 873 g/mol. The highest BCUT2D eigenvalue weighted by molar-refractivity contribution is 7.18. The number of amides is 3. The summed E-state index contributed by atoms with van der Waals surface area (Å²) in [5.41, 5.74) is -0.946. The number of aliphatic hydroxyl groups is 1. The number of hydrogen-bond donors (Lipinski definition) is 2. The Kier molecular flexibility index (Phi) is 15.9. The van der Waals surface area contributed by atoms with Gasteiger partial charge in [0.1, 0.15) is 30.3 Å². The number of hydrogen-bond acceptors (Lipinski definition) is 15. The Morgan fingerprint density at radius 2 is 1.83 bits per heavy atom. The Hall–Kier alpha value is -5.85.